The number of rotatable bonds is 8. The van der Waals surface area contributed by atoms with E-state index >= 15 is 0 Å². The van der Waals surface area contributed by atoms with E-state index in [1.54, 1.807) is 0 Å². The van der Waals surface area contributed by atoms with Gasteiger partial charge in [-0.15, -0.1) is 0 Å². The molecule has 0 spiro atoms. The third kappa shape index (κ3) is 6.55. The van der Waals surface area contributed by atoms with Crippen molar-refractivity contribution < 1.29 is 8.83 Å². The Morgan fingerprint density at radius 3 is 1.05 bits per heavy atom. The molecule has 3 heteroatoms. The third-order valence-electron chi connectivity index (χ3n) is 12.3. The van der Waals surface area contributed by atoms with Gasteiger partial charge in [-0.05, 0) is 110 Å². The lowest BCUT2D eigenvalue weighted by Gasteiger charge is -2.26. The van der Waals surface area contributed by atoms with Crippen LogP contribution in [0, 0.1) is 0 Å². The van der Waals surface area contributed by atoms with Gasteiger partial charge in [-0.2, -0.15) is 0 Å². The Labute approximate surface area is 365 Å². The second-order valence-electron chi connectivity index (χ2n) is 16.1. The maximum Gasteiger partial charge on any atom is 0.137 e. The molecule has 0 saturated heterocycles. The first-order chi connectivity index (χ1) is 31.2. The highest BCUT2D eigenvalue weighted by Crippen LogP contribution is 2.46. The molecule has 0 aliphatic rings. The maximum absolute atomic E-state index is 6.76. The van der Waals surface area contributed by atoms with Crippen molar-refractivity contribution in [2.75, 3.05) is 4.90 Å². The van der Waals surface area contributed by atoms with Gasteiger partial charge in [-0.1, -0.05) is 182 Å². The molecule has 0 radical (unpaired) electrons. The minimum Gasteiger partial charge on any atom is -0.456 e. The van der Waals surface area contributed by atoms with Crippen LogP contribution in [0.2, 0.25) is 0 Å². The monoisotopic (exact) mass is 805 g/mol. The predicted octanol–water partition coefficient (Wildman–Crippen LogP) is 17.3. The van der Waals surface area contributed by atoms with Crippen molar-refractivity contribution in [2.45, 2.75) is 0 Å². The molecule has 296 valence electrons. The summed E-state index contributed by atoms with van der Waals surface area (Å²) < 4.78 is 13.4. The lowest BCUT2D eigenvalue weighted by molar-refractivity contribution is 0.664. The average molecular weight is 806 g/mol. The molecule has 0 unspecified atom stereocenters. The fourth-order valence-electron chi connectivity index (χ4n) is 9.18. The summed E-state index contributed by atoms with van der Waals surface area (Å²) in [5.41, 5.74) is 18.2. The first-order valence-corrected chi connectivity index (χ1v) is 21.4. The predicted molar refractivity (Wildman–Crippen MR) is 263 cm³/mol. The van der Waals surface area contributed by atoms with Gasteiger partial charge in [0.2, 0.25) is 0 Å². The standard InChI is InChI=1S/C60H39NO2/c1-4-12-40(13-5-1)42-22-26-44(27-23-42)46-30-34-49(35-31-46)61(50-36-32-47(33-37-50)45-28-24-43(25-29-45)41-14-6-2-7-15-41)54-19-11-21-56-60(54)53-39-57-52(38-58(53)63-56)59-51(18-10-20-55(59)62-57)48-16-8-3-9-17-48/h1-39H. The molecule has 0 amide bonds. The molecule has 0 aliphatic carbocycles. The van der Waals surface area contributed by atoms with Crippen molar-refractivity contribution in [3.05, 3.63) is 237 Å². The molecule has 2 heterocycles. The van der Waals surface area contributed by atoms with Crippen LogP contribution in [0.5, 0.6) is 0 Å². The van der Waals surface area contributed by atoms with Crippen LogP contribution >= 0.6 is 0 Å². The van der Waals surface area contributed by atoms with Gasteiger partial charge in [0.15, 0.2) is 0 Å². The number of furan rings is 2. The Kier molecular flexibility index (Phi) is 8.83. The molecule has 63 heavy (non-hydrogen) atoms. The summed E-state index contributed by atoms with van der Waals surface area (Å²) in [4.78, 5) is 2.35. The van der Waals surface area contributed by atoms with Crippen molar-refractivity contribution in [3.63, 3.8) is 0 Å². The summed E-state index contributed by atoms with van der Waals surface area (Å²) in [5.74, 6) is 0. The minimum absolute atomic E-state index is 0.818. The van der Waals surface area contributed by atoms with Crippen LogP contribution in [0.1, 0.15) is 0 Å². The van der Waals surface area contributed by atoms with Gasteiger partial charge in [-0.25, -0.2) is 0 Å². The Bertz CT molecular complexity index is 3430. The van der Waals surface area contributed by atoms with Crippen LogP contribution in [0.3, 0.4) is 0 Å². The average Bonchev–Trinajstić information content (AvgIpc) is 3.92. The Morgan fingerprint density at radius 2 is 0.603 bits per heavy atom. The van der Waals surface area contributed by atoms with E-state index in [1.807, 2.05) is 6.07 Å². The lowest BCUT2D eigenvalue weighted by atomic mass is 9.98. The van der Waals surface area contributed by atoms with Gasteiger partial charge < -0.3 is 13.7 Å². The second kappa shape index (κ2) is 15.3. The second-order valence-corrected chi connectivity index (χ2v) is 16.1. The van der Waals surface area contributed by atoms with Crippen LogP contribution in [0.15, 0.2) is 245 Å². The molecule has 2 aromatic heterocycles. The molecule has 0 fully saturated rings. The van der Waals surface area contributed by atoms with E-state index in [1.165, 1.54) is 33.4 Å². The highest BCUT2D eigenvalue weighted by Gasteiger charge is 2.22. The van der Waals surface area contributed by atoms with Crippen LogP contribution in [-0.4, -0.2) is 0 Å². The van der Waals surface area contributed by atoms with Gasteiger partial charge in [-0.3, -0.25) is 0 Å². The van der Waals surface area contributed by atoms with E-state index in [2.05, 4.69) is 235 Å². The zero-order valence-corrected chi connectivity index (χ0v) is 34.3. The van der Waals surface area contributed by atoms with Gasteiger partial charge in [0.1, 0.15) is 22.3 Å². The summed E-state index contributed by atoms with van der Waals surface area (Å²) in [7, 11) is 0. The third-order valence-corrected chi connectivity index (χ3v) is 12.3. The highest BCUT2D eigenvalue weighted by atomic mass is 16.3. The van der Waals surface area contributed by atoms with E-state index in [0.29, 0.717) is 0 Å². The topological polar surface area (TPSA) is 29.5 Å². The van der Waals surface area contributed by atoms with Gasteiger partial charge in [0.05, 0.1) is 11.1 Å². The largest absolute Gasteiger partial charge is 0.456 e. The maximum atomic E-state index is 6.76. The normalized spacial score (nSPS) is 11.5. The van der Waals surface area contributed by atoms with Crippen LogP contribution < -0.4 is 4.90 Å². The summed E-state index contributed by atoms with van der Waals surface area (Å²) in [6.45, 7) is 0. The zero-order valence-electron chi connectivity index (χ0n) is 34.3. The van der Waals surface area contributed by atoms with Gasteiger partial charge in [0.25, 0.3) is 0 Å². The number of hydrogen-bond acceptors (Lipinski definition) is 3. The number of nitrogens with zero attached hydrogens (tertiary/aromatic N) is 1. The number of anilines is 3. The first-order valence-electron chi connectivity index (χ1n) is 21.4. The fraction of sp³-hybridized carbons (Fsp3) is 0. The van der Waals surface area contributed by atoms with E-state index in [0.717, 1.165) is 83.2 Å². The molecule has 3 nitrogen and oxygen atoms in total. The van der Waals surface area contributed by atoms with Gasteiger partial charge >= 0.3 is 0 Å². The SMILES string of the molecule is c1ccc(-c2ccc(-c3ccc(N(c4ccc(-c5ccc(-c6ccccc6)cc5)cc4)c4cccc5oc6cc7c(cc6c45)oc4cccc(-c5ccccc5)c47)cc3)cc2)cc1. The number of benzene rings is 10. The van der Waals surface area contributed by atoms with Crippen molar-refractivity contribution in [3.8, 4) is 55.6 Å². The molecule has 12 rings (SSSR count). The molecular formula is C60H39NO2. The van der Waals surface area contributed by atoms with Crippen molar-refractivity contribution in [1.29, 1.82) is 0 Å². The van der Waals surface area contributed by atoms with Crippen molar-refractivity contribution in [2.24, 2.45) is 0 Å². The quantitative estimate of drug-likeness (QED) is 0.153. The molecule has 0 saturated carbocycles. The summed E-state index contributed by atoms with van der Waals surface area (Å²) >= 11 is 0. The summed E-state index contributed by atoms with van der Waals surface area (Å²) in [5, 5.41) is 4.16. The highest BCUT2D eigenvalue weighted by molar-refractivity contribution is 6.20. The van der Waals surface area contributed by atoms with Crippen molar-refractivity contribution in [1.82, 2.24) is 0 Å². The van der Waals surface area contributed by atoms with E-state index in [4.69, 9.17) is 8.83 Å². The molecule has 0 bridgehead atoms. The summed E-state index contributed by atoms with van der Waals surface area (Å²) in [6, 6.07) is 83.9. The molecule has 12 aromatic rings. The molecule has 0 aliphatic heterocycles. The lowest BCUT2D eigenvalue weighted by Crippen LogP contribution is -2.10. The fourth-order valence-corrected chi connectivity index (χ4v) is 9.18. The Morgan fingerprint density at radius 1 is 0.254 bits per heavy atom. The first kappa shape index (κ1) is 36.5. The molecule has 10 aromatic carbocycles. The zero-order chi connectivity index (χ0) is 41.7. The van der Waals surface area contributed by atoms with Crippen LogP contribution in [0.4, 0.5) is 17.1 Å². The van der Waals surface area contributed by atoms with Crippen molar-refractivity contribution >= 4 is 60.9 Å². The number of hydrogen-bond donors (Lipinski definition) is 0. The number of fused-ring (bicyclic) bond motifs is 6. The molecule has 0 N–H and O–H groups in total. The summed E-state index contributed by atoms with van der Waals surface area (Å²) in [6.07, 6.45) is 0. The van der Waals surface area contributed by atoms with Gasteiger partial charge in [0, 0.05) is 27.5 Å². The minimum atomic E-state index is 0.818. The van der Waals surface area contributed by atoms with Crippen LogP contribution in [0.25, 0.3) is 99.5 Å². The Hall–Kier alpha value is -8.40. The van der Waals surface area contributed by atoms with Crippen LogP contribution in [-0.2, 0) is 0 Å². The van der Waals surface area contributed by atoms with E-state index in [9.17, 15) is 0 Å². The molecular weight excluding hydrogens is 767 g/mol. The molecule has 0 atom stereocenters. The van der Waals surface area contributed by atoms with E-state index in [-0.39, 0.29) is 0 Å². The smallest absolute Gasteiger partial charge is 0.137 e. The Balaban J connectivity index is 0.975. The van der Waals surface area contributed by atoms with E-state index < -0.39 is 0 Å².